The number of aliphatic carboxylic acids is 1. The van der Waals surface area contributed by atoms with Crippen LogP contribution in [0.3, 0.4) is 0 Å². The van der Waals surface area contributed by atoms with Crippen LogP contribution in [0.25, 0.3) is 0 Å². The molecule has 0 spiro atoms. The van der Waals surface area contributed by atoms with Crippen molar-refractivity contribution >= 4 is 23.6 Å². The normalized spacial score (nSPS) is 15.8. The van der Waals surface area contributed by atoms with E-state index in [2.05, 4.69) is 10.3 Å². The quantitative estimate of drug-likeness (QED) is 0.811. The number of ether oxygens (including phenoxy) is 1. The number of hydrogen-bond acceptors (Lipinski definition) is 5. The van der Waals surface area contributed by atoms with Crippen molar-refractivity contribution < 1.29 is 19.4 Å². The Kier molecular flexibility index (Phi) is 5.78. The van der Waals surface area contributed by atoms with E-state index < -0.39 is 17.4 Å². The molecule has 0 saturated carbocycles. The van der Waals surface area contributed by atoms with Crippen molar-refractivity contribution in [2.45, 2.75) is 25.0 Å². The molecule has 1 amide bonds. The summed E-state index contributed by atoms with van der Waals surface area (Å²) in [4.78, 5) is 28.4. The summed E-state index contributed by atoms with van der Waals surface area (Å²) in [5.74, 6) is 0.347. The number of amides is 1. The first-order chi connectivity index (χ1) is 12.6. The summed E-state index contributed by atoms with van der Waals surface area (Å²) < 4.78 is 5.63. The summed E-state index contributed by atoms with van der Waals surface area (Å²) in [6.07, 6.45) is 2.32. The molecular formula is C19H20N2O4S. The molecule has 2 N–H and O–H groups in total. The highest BCUT2D eigenvalue weighted by molar-refractivity contribution is 7.99. The highest BCUT2D eigenvalue weighted by Gasteiger charge is 2.41. The number of nitrogens with zero attached hydrogens (tertiary/aromatic N) is 1. The minimum Gasteiger partial charge on any atom is -0.480 e. The smallest absolute Gasteiger partial charge is 0.329 e. The lowest BCUT2D eigenvalue weighted by molar-refractivity contribution is -0.144. The summed E-state index contributed by atoms with van der Waals surface area (Å²) in [7, 11) is 0. The Morgan fingerprint density at radius 2 is 1.92 bits per heavy atom. The van der Waals surface area contributed by atoms with Crippen LogP contribution in [0.2, 0.25) is 0 Å². The van der Waals surface area contributed by atoms with Gasteiger partial charge in [-0.15, -0.1) is 0 Å². The van der Waals surface area contributed by atoms with Crippen LogP contribution in [0.4, 0.5) is 0 Å². The Hall–Kier alpha value is -2.54. The maximum absolute atomic E-state index is 12.6. The number of hydrogen-bond donors (Lipinski definition) is 2. The molecule has 1 fully saturated rings. The van der Waals surface area contributed by atoms with Gasteiger partial charge in [-0.05, 0) is 36.0 Å². The molecule has 1 aromatic carbocycles. The van der Waals surface area contributed by atoms with Crippen LogP contribution in [0.15, 0.2) is 48.7 Å². The molecule has 1 aliphatic heterocycles. The van der Waals surface area contributed by atoms with Gasteiger partial charge in [0.25, 0.3) is 5.91 Å². The van der Waals surface area contributed by atoms with Gasteiger partial charge in [0.15, 0.2) is 0 Å². The van der Waals surface area contributed by atoms with Gasteiger partial charge in [0.1, 0.15) is 12.1 Å². The molecule has 0 aliphatic carbocycles. The summed E-state index contributed by atoms with van der Waals surface area (Å²) >= 11 is 1.70. The SMILES string of the molecule is O=C(NC1(C(=O)O)CCSCC1)c1ccnc(OCc2ccccc2)c1. The van der Waals surface area contributed by atoms with Crippen LogP contribution in [-0.4, -0.2) is 39.0 Å². The van der Waals surface area contributed by atoms with E-state index in [0.29, 0.717) is 42.4 Å². The third-order valence-electron chi connectivity index (χ3n) is 4.34. The molecule has 6 nitrogen and oxygen atoms in total. The van der Waals surface area contributed by atoms with Gasteiger partial charge in [0.2, 0.25) is 5.88 Å². The molecule has 0 bridgehead atoms. The van der Waals surface area contributed by atoms with Crippen LogP contribution in [0.1, 0.15) is 28.8 Å². The lowest BCUT2D eigenvalue weighted by Crippen LogP contribution is -2.56. The molecule has 3 rings (SSSR count). The number of aromatic nitrogens is 1. The molecule has 26 heavy (non-hydrogen) atoms. The average Bonchev–Trinajstić information content (AvgIpc) is 2.68. The standard InChI is InChI=1S/C19H20N2O4S/c22-17(21-19(18(23)24)7-10-26-11-8-19)15-6-9-20-16(12-15)25-13-14-4-2-1-3-5-14/h1-6,9,12H,7-8,10-11,13H2,(H,21,22)(H,23,24). The zero-order valence-electron chi connectivity index (χ0n) is 14.2. The lowest BCUT2D eigenvalue weighted by atomic mass is 9.92. The zero-order chi connectivity index (χ0) is 18.4. The fraction of sp³-hybridized carbons (Fsp3) is 0.316. The van der Waals surface area contributed by atoms with Crippen LogP contribution in [0, 0.1) is 0 Å². The van der Waals surface area contributed by atoms with E-state index >= 15 is 0 Å². The monoisotopic (exact) mass is 372 g/mol. The molecule has 0 radical (unpaired) electrons. The molecule has 7 heteroatoms. The van der Waals surface area contributed by atoms with Crippen molar-refractivity contribution in [1.82, 2.24) is 10.3 Å². The second-order valence-electron chi connectivity index (χ2n) is 6.11. The van der Waals surface area contributed by atoms with E-state index in [4.69, 9.17) is 4.74 Å². The number of carbonyl (C=O) groups is 2. The van der Waals surface area contributed by atoms with Crippen molar-refractivity contribution in [3.05, 3.63) is 59.8 Å². The van der Waals surface area contributed by atoms with Crippen molar-refractivity contribution in [1.29, 1.82) is 0 Å². The van der Waals surface area contributed by atoms with E-state index in [9.17, 15) is 14.7 Å². The van der Waals surface area contributed by atoms with Gasteiger partial charge >= 0.3 is 5.97 Å². The summed E-state index contributed by atoms with van der Waals surface area (Å²) in [6, 6.07) is 12.7. The van der Waals surface area contributed by atoms with Crippen LogP contribution in [0.5, 0.6) is 5.88 Å². The first-order valence-corrected chi connectivity index (χ1v) is 9.51. The minimum atomic E-state index is -1.20. The largest absolute Gasteiger partial charge is 0.480 e. The van der Waals surface area contributed by atoms with Gasteiger partial charge in [-0.1, -0.05) is 30.3 Å². The molecular weight excluding hydrogens is 352 g/mol. The number of carboxylic acids is 1. The zero-order valence-corrected chi connectivity index (χ0v) is 15.0. The molecule has 136 valence electrons. The van der Waals surface area contributed by atoms with Crippen LogP contribution < -0.4 is 10.1 Å². The Labute approximate surface area is 156 Å². The van der Waals surface area contributed by atoms with Crippen molar-refractivity contribution in [3.8, 4) is 5.88 Å². The number of thioether (sulfide) groups is 1. The van der Waals surface area contributed by atoms with E-state index in [1.54, 1.807) is 17.8 Å². The number of carbonyl (C=O) groups excluding carboxylic acids is 1. The number of carboxylic acid groups (broad SMARTS) is 1. The molecule has 0 atom stereocenters. The maximum Gasteiger partial charge on any atom is 0.329 e. The third-order valence-corrected chi connectivity index (χ3v) is 5.32. The summed E-state index contributed by atoms with van der Waals surface area (Å²) in [6.45, 7) is 0.342. The molecule has 1 aromatic heterocycles. The van der Waals surface area contributed by atoms with Gasteiger partial charge in [-0.3, -0.25) is 4.79 Å². The van der Waals surface area contributed by atoms with Gasteiger partial charge < -0.3 is 15.2 Å². The van der Waals surface area contributed by atoms with Gasteiger partial charge in [0.05, 0.1) is 0 Å². The second-order valence-corrected chi connectivity index (χ2v) is 7.34. The van der Waals surface area contributed by atoms with Crippen LogP contribution in [-0.2, 0) is 11.4 Å². The predicted molar refractivity (Wildman–Crippen MR) is 99.4 cm³/mol. The summed E-state index contributed by atoms with van der Waals surface area (Å²) in [5.41, 5.74) is 0.132. The Morgan fingerprint density at radius 1 is 1.19 bits per heavy atom. The minimum absolute atomic E-state index is 0.324. The van der Waals surface area contributed by atoms with Gasteiger partial charge in [-0.25, -0.2) is 9.78 Å². The highest BCUT2D eigenvalue weighted by atomic mass is 32.2. The first-order valence-electron chi connectivity index (χ1n) is 8.35. The van der Waals surface area contributed by atoms with Crippen molar-refractivity contribution in [2.75, 3.05) is 11.5 Å². The maximum atomic E-state index is 12.6. The number of benzene rings is 1. The van der Waals surface area contributed by atoms with E-state index in [-0.39, 0.29) is 0 Å². The lowest BCUT2D eigenvalue weighted by Gasteiger charge is -2.33. The third kappa shape index (κ3) is 4.35. The second kappa shape index (κ2) is 8.23. The predicted octanol–water partition coefficient (Wildman–Crippen LogP) is 2.74. The fourth-order valence-electron chi connectivity index (χ4n) is 2.76. The molecule has 1 aliphatic rings. The Bertz CT molecular complexity index is 776. The van der Waals surface area contributed by atoms with Gasteiger partial charge in [-0.2, -0.15) is 11.8 Å². The molecule has 2 aromatic rings. The van der Waals surface area contributed by atoms with E-state index in [1.165, 1.54) is 12.3 Å². The molecule has 0 unspecified atom stereocenters. The summed E-state index contributed by atoms with van der Waals surface area (Å²) in [5, 5.41) is 12.3. The highest BCUT2D eigenvalue weighted by Crippen LogP contribution is 2.28. The van der Waals surface area contributed by atoms with E-state index in [0.717, 1.165) is 5.56 Å². The first kappa shape index (κ1) is 18.3. The number of nitrogens with one attached hydrogen (secondary N) is 1. The number of rotatable bonds is 6. The average molecular weight is 372 g/mol. The Balaban J connectivity index is 1.68. The van der Waals surface area contributed by atoms with Crippen LogP contribution >= 0.6 is 11.8 Å². The van der Waals surface area contributed by atoms with Crippen molar-refractivity contribution in [3.63, 3.8) is 0 Å². The van der Waals surface area contributed by atoms with Crippen molar-refractivity contribution in [2.24, 2.45) is 0 Å². The number of pyridine rings is 1. The topological polar surface area (TPSA) is 88.5 Å². The molecule has 1 saturated heterocycles. The van der Waals surface area contributed by atoms with Gasteiger partial charge in [0, 0.05) is 17.8 Å². The Morgan fingerprint density at radius 3 is 2.62 bits per heavy atom. The fourth-order valence-corrected chi connectivity index (χ4v) is 3.95. The molecule has 2 heterocycles. The van der Waals surface area contributed by atoms with E-state index in [1.807, 2.05) is 30.3 Å².